The molecule has 0 N–H and O–H groups in total. The second kappa shape index (κ2) is 5.49. The second-order valence-corrected chi connectivity index (χ2v) is 6.14. The minimum Gasteiger partial charge on any atom is -0.296 e. The van der Waals surface area contributed by atoms with Crippen LogP contribution in [0.25, 0.3) is 0 Å². The summed E-state index contributed by atoms with van der Waals surface area (Å²) < 4.78 is 14.1. The highest BCUT2D eigenvalue weighted by atomic mass is 79.9. The third kappa shape index (κ3) is 3.52. The lowest BCUT2D eigenvalue weighted by Gasteiger charge is -2.36. The Morgan fingerprint density at radius 2 is 2.12 bits per heavy atom. The molecule has 0 saturated carbocycles. The Labute approximate surface area is 111 Å². The molecule has 1 saturated heterocycles. The van der Waals surface area contributed by atoms with E-state index in [0.29, 0.717) is 6.04 Å². The van der Waals surface area contributed by atoms with E-state index in [9.17, 15) is 4.39 Å². The van der Waals surface area contributed by atoms with Gasteiger partial charge in [-0.25, -0.2) is 4.39 Å². The quantitative estimate of drug-likeness (QED) is 0.791. The van der Waals surface area contributed by atoms with Gasteiger partial charge in [-0.05, 0) is 56.0 Å². The van der Waals surface area contributed by atoms with Gasteiger partial charge in [0, 0.05) is 17.1 Å². The lowest BCUT2D eigenvalue weighted by molar-refractivity contribution is 0.122. The molecule has 1 aromatic carbocycles. The fraction of sp³-hybridized carbons (Fsp3) is 0.571. The molecule has 2 unspecified atom stereocenters. The summed E-state index contributed by atoms with van der Waals surface area (Å²) in [5.74, 6) is 0.660. The average molecular weight is 300 g/mol. The van der Waals surface area contributed by atoms with Crippen molar-refractivity contribution in [3.05, 3.63) is 34.1 Å². The largest absolute Gasteiger partial charge is 0.296 e. The molecule has 2 atom stereocenters. The van der Waals surface area contributed by atoms with E-state index < -0.39 is 0 Å². The van der Waals surface area contributed by atoms with Gasteiger partial charge in [0.25, 0.3) is 0 Å². The summed E-state index contributed by atoms with van der Waals surface area (Å²) in [6, 6.07) is 5.75. The second-order valence-electron chi connectivity index (χ2n) is 5.23. The Hall–Kier alpha value is -0.410. The van der Waals surface area contributed by atoms with Crippen molar-refractivity contribution in [1.82, 2.24) is 4.90 Å². The number of likely N-dealkylation sites (tertiary alicyclic amines) is 1. The number of nitrogens with zero attached hydrogens (tertiary/aromatic N) is 1. The van der Waals surface area contributed by atoms with Crippen LogP contribution in [0.1, 0.15) is 32.3 Å². The number of piperidine rings is 1. The Morgan fingerprint density at radius 1 is 1.35 bits per heavy atom. The first-order valence-electron chi connectivity index (χ1n) is 6.23. The lowest BCUT2D eigenvalue weighted by Crippen LogP contribution is -2.39. The van der Waals surface area contributed by atoms with Gasteiger partial charge in [0.05, 0.1) is 0 Å². The minimum absolute atomic E-state index is 0.160. The fourth-order valence-electron chi connectivity index (χ4n) is 2.63. The van der Waals surface area contributed by atoms with Crippen LogP contribution in [0.15, 0.2) is 22.7 Å². The molecular formula is C14H19BrFN. The third-order valence-electron chi connectivity index (χ3n) is 3.58. The van der Waals surface area contributed by atoms with Crippen LogP contribution in [0.3, 0.4) is 0 Å². The standard InChI is InChI=1S/C14H19BrFN/c1-10-3-4-17(11(2)5-10)9-12-6-13(15)8-14(16)7-12/h6-8,10-11H,3-5,9H2,1-2H3. The molecule has 2 rings (SSSR count). The SMILES string of the molecule is CC1CCN(Cc2cc(F)cc(Br)c2)C(C)C1. The summed E-state index contributed by atoms with van der Waals surface area (Å²) in [5, 5.41) is 0. The van der Waals surface area contributed by atoms with Crippen molar-refractivity contribution >= 4 is 15.9 Å². The maximum absolute atomic E-state index is 13.3. The van der Waals surface area contributed by atoms with Crippen molar-refractivity contribution in [3.63, 3.8) is 0 Å². The molecule has 1 aliphatic heterocycles. The summed E-state index contributed by atoms with van der Waals surface area (Å²) in [6.07, 6.45) is 2.50. The van der Waals surface area contributed by atoms with Crippen LogP contribution in [0.4, 0.5) is 4.39 Å². The van der Waals surface area contributed by atoms with Crippen molar-refractivity contribution in [2.24, 2.45) is 5.92 Å². The molecule has 94 valence electrons. The fourth-order valence-corrected chi connectivity index (χ4v) is 3.14. The van der Waals surface area contributed by atoms with Gasteiger partial charge in [0.2, 0.25) is 0 Å². The predicted octanol–water partition coefficient (Wildman–Crippen LogP) is 4.21. The molecule has 1 heterocycles. The molecule has 1 nitrogen and oxygen atoms in total. The molecule has 1 aliphatic rings. The van der Waals surface area contributed by atoms with Crippen LogP contribution in [0.2, 0.25) is 0 Å². The van der Waals surface area contributed by atoms with Gasteiger partial charge in [0.1, 0.15) is 5.82 Å². The van der Waals surface area contributed by atoms with Crippen LogP contribution in [0.5, 0.6) is 0 Å². The van der Waals surface area contributed by atoms with E-state index in [4.69, 9.17) is 0 Å². The molecule has 1 aromatic rings. The normalized spacial score (nSPS) is 26.1. The van der Waals surface area contributed by atoms with Crippen LogP contribution in [-0.4, -0.2) is 17.5 Å². The van der Waals surface area contributed by atoms with Gasteiger partial charge in [-0.2, -0.15) is 0 Å². The summed E-state index contributed by atoms with van der Waals surface area (Å²) in [4.78, 5) is 2.45. The summed E-state index contributed by atoms with van der Waals surface area (Å²) in [7, 11) is 0. The van der Waals surface area contributed by atoms with E-state index in [1.807, 2.05) is 6.07 Å². The Balaban J connectivity index is 2.05. The van der Waals surface area contributed by atoms with E-state index in [2.05, 4.69) is 34.7 Å². The Kier molecular flexibility index (Phi) is 4.21. The Bertz CT molecular complexity index is 374. The molecular weight excluding hydrogens is 281 g/mol. The first-order chi connectivity index (χ1) is 8.04. The highest BCUT2D eigenvalue weighted by Crippen LogP contribution is 2.24. The van der Waals surface area contributed by atoms with Gasteiger partial charge in [-0.1, -0.05) is 22.9 Å². The smallest absolute Gasteiger partial charge is 0.124 e. The van der Waals surface area contributed by atoms with Crippen LogP contribution in [0, 0.1) is 11.7 Å². The van der Waals surface area contributed by atoms with Crippen LogP contribution >= 0.6 is 15.9 Å². The summed E-state index contributed by atoms with van der Waals surface area (Å²) >= 11 is 3.34. The summed E-state index contributed by atoms with van der Waals surface area (Å²) in [6.45, 7) is 6.55. The van der Waals surface area contributed by atoms with Gasteiger partial charge < -0.3 is 0 Å². The number of benzene rings is 1. The van der Waals surface area contributed by atoms with E-state index in [1.54, 1.807) is 6.07 Å². The number of halogens is 2. The van der Waals surface area contributed by atoms with Gasteiger partial charge in [0.15, 0.2) is 0 Å². The van der Waals surface area contributed by atoms with Crippen molar-refractivity contribution in [1.29, 1.82) is 0 Å². The summed E-state index contributed by atoms with van der Waals surface area (Å²) in [5.41, 5.74) is 1.05. The molecule has 0 aromatic heterocycles. The van der Waals surface area contributed by atoms with Crippen molar-refractivity contribution in [2.45, 2.75) is 39.3 Å². The molecule has 0 bridgehead atoms. The molecule has 0 aliphatic carbocycles. The lowest BCUT2D eigenvalue weighted by atomic mass is 9.93. The molecule has 0 radical (unpaired) electrons. The number of rotatable bonds is 2. The average Bonchev–Trinajstić information content (AvgIpc) is 2.21. The molecule has 0 amide bonds. The third-order valence-corrected chi connectivity index (χ3v) is 4.04. The zero-order valence-corrected chi connectivity index (χ0v) is 12.0. The maximum Gasteiger partial charge on any atom is 0.124 e. The molecule has 17 heavy (non-hydrogen) atoms. The molecule has 1 fully saturated rings. The number of hydrogen-bond donors (Lipinski definition) is 0. The zero-order chi connectivity index (χ0) is 12.4. The van der Waals surface area contributed by atoms with E-state index in [0.717, 1.165) is 29.0 Å². The van der Waals surface area contributed by atoms with Crippen molar-refractivity contribution in [3.8, 4) is 0 Å². The monoisotopic (exact) mass is 299 g/mol. The number of hydrogen-bond acceptors (Lipinski definition) is 1. The first-order valence-corrected chi connectivity index (χ1v) is 7.03. The van der Waals surface area contributed by atoms with Gasteiger partial charge in [-0.3, -0.25) is 4.90 Å². The topological polar surface area (TPSA) is 3.24 Å². The van der Waals surface area contributed by atoms with Crippen molar-refractivity contribution in [2.75, 3.05) is 6.54 Å². The van der Waals surface area contributed by atoms with Crippen LogP contribution in [-0.2, 0) is 6.54 Å². The van der Waals surface area contributed by atoms with E-state index in [1.165, 1.54) is 18.9 Å². The molecule has 0 spiro atoms. The maximum atomic E-state index is 13.3. The zero-order valence-electron chi connectivity index (χ0n) is 10.4. The van der Waals surface area contributed by atoms with Gasteiger partial charge in [-0.15, -0.1) is 0 Å². The Morgan fingerprint density at radius 3 is 2.76 bits per heavy atom. The first kappa shape index (κ1) is 13.0. The van der Waals surface area contributed by atoms with E-state index in [-0.39, 0.29) is 5.82 Å². The predicted molar refractivity (Wildman–Crippen MR) is 72.4 cm³/mol. The molecule has 3 heteroatoms. The minimum atomic E-state index is -0.160. The van der Waals surface area contributed by atoms with E-state index >= 15 is 0 Å². The highest BCUT2D eigenvalue weighted by molar-refractivity contribution is 9.10. The van der Waals surface area contributed by atoms with Crippen molar-refractivity contribution < 1.29 is 4.39 Å². The highest BCUT2D eigenvalue weighted by Gasteiger charge is 2.22. The van der Waals surface area contributed by atoms with Crippen LogP contribution < -0.4 is 0 Å². The van der Waals surface area contributed by atoms with Gasteiger partial charge >= 0.3 is 0 Å².